The molecule has 1 saturated heterocycles. The Bertz CT molecular complexity index is 743. The lowest BCUT2D eigenvalue weighted by molar-refractivity contribution is -0.383. The summed E-state index contributed by atoms with van der Waals surface area (Å²) in [5.41, 5.74) is 7.28. The first-order valence-corrected chi connectivity index (χ1v) is 7.45. The topological polar surface area (TPSA) is 110 Å². The molecular formula is C15H18N6O2. The average Bonchev–Trinajstić information content (AvgIpc) is 3.00. The van der Waals surface area contributed by atoms with E-state index in [1.54, 1.807) is 0 Å². The van der Waals surface area contributed by atoms with Crippen molar-refractivity contribution in [3.8, 4) is 0 Å². The van der Waals surface area contributed by atoms with Crippen molar-refractivity contribution in [3.63, 3.8) is 0 Å². The van der Waals surface area contributed by atoms with Gasteiger partial charge in [-0.3, -0.25) is 10.1 Å². The maximum atomic E-state index is 11.3. The molecule has 1 aromatic heterocycles. The first-order chi connectivity index (χ1) is 11.0. The Kier molecular flexibility index (Phi) is 3.96. The van der Waals surface area contributed by atoms with Crippen molar-refractivity contribution >= 4 is 29.0 Å². The van der Waals surface area contributed by atoms with Crippen LogP contribution in [0.2, 0.25) is 0 Å². The van der Waals surface area contributed by atoms with Crippen LogP contribution < -0.4 is 16.0 Å². The summed E-state index contributed by atoms with van der Waals surface area (Å²) in [6.45, 7) is 3.62. The van der Waals surface area contributed by atoms with Crippen molar-refractivity contribution < 1.29 is 4.92 Å². The van der Waals surface area contributed by atoms with Gasteiger partial charge in [-0.25, -0.2) is 0 Å². The van der Waals surface area contributed by atoms with Gasteiger partial charge in [0.2, 0.25) is 17.6 Å². The third-order valence-electron chi connectivity index (χ3n) is 3.75. The zero-order chi connectivity index (χ0) is 16.4. The van der Waals surface area contributed by atoms with E-state index >= 15 is 0 Å². The number of nitrogens with one attached hydrogen (secondary N) is 1. The van der Waals surface area contributed by atoms with Crippen molar-refractivity contribution in [2.24, 2.45) is 0 Å². The SMILES string of the molecule is Cc1cccc(Nc2nc(N3CCCC3)nc(N)c2[N+](=O)[O-])c1. The summed E-state index contributed by atoms with van der Waals surface area (Å²) in [5.74, 6) is 0.429. The van der Waals surface area contributed by atoms with Crippen LogP contribution in [0.4, 0.5) is 29.0 Å². The molecule has 8 nitrogen and oxygen atoms in total. The van der Waals surface area contributed by atoms with Gasteiger partial charge in [-0.15, -0.1) is 0 Å². The summed E-state index contributed by atoms with van der Waals surface area (Å²) in [4.78, 5) is 21.2. The number of nitrogens with zero attached hydrogens (tertiary/aromatic N) is 4. The highest BCUT2D eigenvalue weighted by Crippen LogP contribution is 2.33. The zero-order valence-electron chi connectivity index (χ0n) is 12.8. The minimum atomic E-state index is -0.554. The van der Waals surface area contributed by atoms with Crippen molar-refractivity contribution in [2.45, 2.75) is 19.8 Å². The highest BCUT2D eigenvalue weighted by atomic mass is 16.6. The van der Waals surface area contributed by atoms with Crippen LogP contribution in [-0.4, -0.2) is 28.0 Å². The Morgan fingerprint density at radius 1 is 1.30 bits per heavy atom. The van der Waals surface area contributed by atoms with Gasteiger partial charge in [-0.2, -0.15) is 9.97 Å². The van der Waals surface area contributed by atoms with E-state index in [-0.39, 0.29) is 17.3 Å². The Balaban J connectivity index is 2.02. The highest BCUT2D eigenvalue weighted by Gasteiger charge is 2.26. The minimum Gasteiger partial charge on any atom is -0.378 e. The number of nitrogens with two attached hydrogens (primary N) is 1. The molecule has 120 valence electrons. The fraction of sp³-hybridized carbons (Fsp3) is 0.333. The van der Waals surface area contributed by atoms with Crippen molar-refractivity contribution in [2.75, 3.05) is 29.0 Å². The van der Waals surface area contributed by atoms with Gasteiger partial charge in [-0.05, 0) is 37.5 Å². The first-order valence-electron chi connectivity index (χ1n) is 7.45. The largest absolute Gasteiger partial charge is 0.378 e. The molecule has 0 saturated carbocycles. The molecule has 3 rings (SSSR count). The van der Waals surface area contributed by atoms with Gasteiger partial charge in [0.15, 0.2) is 0 Å². The van der Waals surface area contributed by atoms with Crippen LogP contribution in [0.1, 0.15) is 18.4 Å². The van der Waals surface area contributed by atoms with E-state index in [0.717, 1.165) is 37.2 Å². The average molecular weight is 314 g/mol. The Morgan fingerprint density at radius 2 is 2.04 bits per heavy atom. The van der Waals surface area contributed by atoms with Crippen LogP contribution >= 0.6 is 0 Å². The van der Waals surface area contributed by atoms with Crippen LogP contribution in [0.3, 0.4) is 0 Å². The van der Waals surface area contributed by atoms with Crippen LogP contribution in [-0.2, 0) is 0 Å². The first kappa shape index (κ1) is 15.0. The minimum absolute atomic E-state index is 0.120. The van der Waals surface area contributed by atoms with Gasteiger partial charge < -0.3 is 16.0 Å². The molecule has 1 aliphatic rings. The predicted molar refractivity (Wildman–Crippen MR) is 89.0 cm³/mol. The van der Waals surface area contributed by atoms with E-state index in [4.69, 9.17) is 5.73 Å². The van der Waals surface area contributed by atoms with Gasteiger partial charge >= 0.3 is 5.69 Å². The van der Waals surface area contributed by atoms with Crippen LogP contribution in [0.15, 0.2) is 24.3 Å². The number of aromatic nitrogens is 2. The number of hydrogen-bond acceptors (Lipinski definition) is 7. The van der Waals surface area contributed by atoms with Crippen molar-refractivity contribution in [1.82, 2.24) is 9.97 Å². The predicted octanol–water partition coefficient (Wildman–Crippen LogP) is 2.62. The van der Waals surface area contributed by atoms with E-state index in [1.165, 1.54) is 0 Å². The van der Waals surface area contributed by atoms with Crippen LogP contribution in [0.5, 0.6) is 0 Å². The quantitative estimate of drug-likeness (QED) is 0.659. The Morgan fingerprint density at radius 3 is 2.70 bits per heavy atom. The smallest absolute Gasteiger partial charge is 0.353 e. The highest BCUT2D eigenvalue weighted by molar-refractivity contribution is 5.74. The summed E-state index contributed by atoms with van der Waals surface area (Å²) >= 11 is 0. The molecular weight excluding hydrogens is 296 g/mol. The third-order valence-corrected chi connectivity index (χ3v) is 3.75. The summed E-state index contributed by atoms with van der Waals surface area (Å²) in [5, 5.41) is 14.3. The number of aryl methyl sites for hydroxylation is 1. The zero-order valence-corrected chi connectivity index (χ0v) is 12.8. The summed E-state index contributed by atoms with van der Waals surface area (Å²) in [6.07, 6.45) is 2.11. The maximum Gasteiger partial charge on any atom is 0.353 e. The summed E-state index contributed by atoms with van der Waals surface area (Å²) in [6, 6.07) is 7.53. The van der Waals surface area contributed by atoms with Gasteiger partial charge in [0.05, 0.1) is 4.92 Å². The van der Waals surface area contributed by atoms with E-state index in [9.17, 15) is 10.1 Å². The molecule has 0 amide bonds. The number of benzene rings is 1. The third kappa shape index (κ3) is 3.15. The van der Waals surface area contributed by atoms with Crippen LogP contribution in [0.25, 0.3) is 0 Å². The molecule has 1 fully saturated rings. The fourth-order valence-corrected chi connectivity index (χ4v) is 2.65. The van der Waals surface area contributed by atoms with Gasteiger partial charge in [0.1, 0.15) is 0 Å². The molecule has 0 radical (unpaired) electrons. The molecule has 1 aliphatic heterocycles. The summed E-state index contributed by atoms with van der Waals surface area (Å²) < 4.78 is 0. The maximum absolute atomic E-state index is 11.3. The lowest BCUT2D eigenvalue weighted by Crippen LogP contribution is -2.22. The molecule has 0 spiro atoms. The van der Waals surface area contributed by atoms with E-state index < -0.39 is 4.92 Å². The fourth-order valence-electron chi connectivity index (χ4n) is 2.65. The number of anilines is 4. The molecule has 2 aromatic rings. The van der Waals surface area contributed by atoms with E-state index in [2.05, 4.69) is 15.3 Å². The number of hydrogen-bond donors (Lipinski definition) is 2. The second kappa shape index (κ2) is 6.07. The van der Waals surface area contributed by atoms with E-state index in [0.29, 0.717) is 5.95 Å². The molecule has 0 bridgehead atoms. The molecule has 8 heteroatoms. The molecule has 23 heavy (non-hydrogen) atoms. The van der Waals surface area contributed by atoms with Gasteiger partial charge in [0.25, 0.3) is 0 Å². The second-order valence-electron chi connectivity index (χ2n) is 5.55. The van der Waals surface area contributed by atoms with E-state index in [1.807, 2.05) is 36.1 Å². The molecule has 1 aromatic carbocycles. The summed E-state index contributed by atoms with van der Waals surface area (Å²) in [7, 11) is 0. The van der Waals surface area contributed by atoms with Crippen LogP contribution in [0, 0.1) is 17.0 Å². The Hall–Kier alpha value is -2.90. The lowest BCUT2D eigenvalue weighted by Gasteiger charge is -2.17. The normalized spacial score (nSPS) is 14.0. The Labute approximate surface area is 133 Å². The van der Waals surface area contributed by atoms with Crippen molar-refractivity contribution in [3.05, 3.63) is 39.9 Å². The standard InChI is InChI=1S/C15H18N6O2/c1-10-5-4-6-11(9-10)17-14-12(21(22)23)13(16)18-15(19-14)20-7-2-3-8-20/h4-6,9H,2-3,7-8H2,1H3,(H3,16,17,18,19). The monoisotopic (exact) mass is 314 g/mol. The number of rotatable bonds is 4. The second-order valence-corrected chi connectivity index (χ2v) is 5.55. The molecule has 0 unspecified atom stereocenters. The lowest BCUT2D eigenvalue weighted by atomic mass is 10.2. The number of nitrogen functional groups attached to an aromatic ring is 1. The number of nitro groups is 1. The molecule has 3 N–H and O–H groups in total. The molecule has 0 atom stereocenters. The van der Waals surface area contributed by atoms with Gasteiger partial charge in [-0.1, -0.05) is 12.1 Å². The van der Waals surface area contributed by atoms with Gasteiger partial charge in [0, 0.05) is 18.8 Å². The molecule has 2 heterocycles. The molecule has 0 aliphatic carbocycles. The van der Waals surface area contributed by atoms with Crippen molar-refractivity contribution in [1.29, 1.82) is 0 Å².